The summed E-state index contributed by atoms with van der Waals surface area (Å²) >= 11 is 6.41. The molecule has 33 heavy (non-hydrogen) atoms. The van der Waals surface area contributed by atoms with Crippen molar-refractivity contribution in [2.75, 3.05) is 16.4 Å². The summed E-state index contributed by atoms with van der Waals surface area (Å²) in [5, 5.41) is 6.38. The zero-order chi connectivity index (χ0) is 23.8. The van der Waals surface area contributed by atoms with Crippen molar-refractivity contribution in [2.45, 2.75) is 26.4 Å². The normalized spacial score (nSPS) is 14.4. The summed E-state index contributed by atoms with van der Waals surface area (Å²) < 4.78 is 5.41. The minimum atomic E-state index is -0.637. The third kappa shape index (κ3) is 4.83. The van der Waals surface area contributed by atoms with E-state index >= 15 is 0 Å². The Labute approximate surface area is 196 Å². The molecule has 0 spiro atoms. The summed E-state index contributed by atoms with van der Waals surface area (Å²) in [6, 6.07) is 13.8. The molecule has 2 aromatic carbocycles. The van der Waals surface area contributed by atoms with Gasteiger partial charge < -0.3 is 21.1 Å². The smallest absolute Gasteiger partial charge is 0.340 e. The molecule has 1 aromatic heterocycles. The first kappa shape index (κ1) is 22.4. The summed E-state index contributed by atoms with van der Waals surface area (Å²) in [6.45, 7) is 5.37. The van der Waals surface area contributed by atoms with Gasteiger partial charge in [-0.3, -0.25) is 9.78 Å². The van der Waals surface area contributed by atoms with E-state index in [0.717, 1.165) is 5.56 Å². The third-order valence-electron chi connectivity index (χ3n) is 4.85. The first-order valence-corrected chi connectivity index (χ1v) is 10.7. The molecule has 7 nitrogen and oxygen atoms in total. The number of carbonyl (C=O) groups excluding carboxylic acids is 2. The van der Waals surface area contributed by atoms with Gasteiger partial charge in [0.1, 0.15) is 5.60 Å². The van der Waals surface area contributed by atoms with Crippen LogP contribution in [0.5, 0.6) is 0 Å². The third-order valence-corrected chi connectivity index (χ3v) is 5.16. The van der Waals surface area contributed by atoms with E-state index in [9.17, 15) is 9.59 Å². The van der Waals surface area contributed by atoms with Crippen molar-refractivity contribution in [3.8, 4) is 0 Å². The Morgan fingerprint density at radius 1 is 1.15 bits per heavy atom. The summed E-state index contributed by atoms with van der Waals surface area (Å²) in [6.07, 6.45) is 3.32. The summed E-state index contributed by atoms with van der Waals surface area (Å²) in [5.41, 5.74) is 9.70. The maximum Gasteiger partial charge on any atom is 0.340 e. The number of hydrogen-bond donors (Lipinski definition) is 3. The van der Waals surface area contributed by atoms with Crippen LogP contribution in [0.15, 0.2) is 60.9 Å². The first-order valence-electron chi connectivity index (χ1n) is 10.3. The highest BCUT2D eigenvalue weighted by atomic mass is 35.5. The van der Waals surface area contributed by atoms with Crippen LogP contribution >= 0.6 is 11.6 Å². The second kappa shape index (κ2) is 8.60. The number of nitrogens with zero attached hydrogens (tertiary/aromatic N) is 1. The number of anilines is 3. The molecular weight excluding hydrogens is 440 g/mol. The average Bonchev–Trinajstić information content (AvgIpc) is 3.06. The number of nitrogen functional groups attached to an aromatic ring is 1. The fourth-order valence-corrected chi connectivity index (χ4v) is 3.72. The van der Waals surface area contributed by atoms with E-state index in [2.05, 4.69) is 15.6 Å². The summed E-state index contributed by atoms with van der Waals surface area (Å²) in [4.78, 5) is 29.6. The second-order valence-electron chi connectivity index (χ2n) is 8.57. The van der Waals surface area contributed by atoms with E-state index in [4.69, 9.17) is 22.1 Å². The number of carbonyl (C=O) groups is 2. The monoisotopic (exact) mass is 462 g/mol. The predicted molar refractivity (Wildman–Crippen MR) is 131 cm³/mol. The van der Waals surface area contributed by atoms with Crippen LogP contribution in [0, 0.1) is 0 Å². The molecule has 0 saturated heterocycles. The predicted octanol–water partition coefficient (Wildman–Crippen LogP) is 5.21. The first-order chi connectivity index (χ1) is 15.6. The molecular formula is C25H23ClN4O3. The van der Waals surface area contributed by atoms with Gasteiger partial charge in [0.2, 0.25) is 0 Å². The van der Waals surface area contributed by atoms with Gasteiger partial charge in [-0.05, 0) is 69.3 Å². The highest BCUT2D eigenvalue weighted by molar-refractivity contribution is 6.38. The van der Waals surface area contributed by atoms with Gasteiger partial charge in [0.05, 0.1) is 27.5 Å². The number of amides is 1. The number of pyridine rings is 1. The van der Waals surface area contributed by atoms with Crippen molar-refractivity contribution in [1.82, 2.24) is 4.98 Å². The van der Waals surface area contributed by atoms with Crippen molar-refractivity contribution in [3.05, 3.63) is 82.6 Å². The van der Waals surface area contributed by atoms with Gasteiger partial charge >= 0.3 is 5.97 Å². The Morgan fingerprint density at radius 3 is 2.61 bits per heavy atom. The molecule has 0 unspecified atom stereocenters. The maximum atomic E-state index is 12.9. The lowest BCUT2D eigenvalue weighted by Gasteiger charge is -2.20. The maximum absolute atomic E-state index is 12.9. The van der Waals surface area contributed by atoms with Crippen molar-refractivity contribution in [1.29, 1.82) is 0 Å². The zero-order valence-electron chi connectivity index (χ0n) is 18.4. The Kier molecular flexibility index (Phi) is 5.82. The number of nitrogens with one attached hydrogen (secondary N) is 2. The zero-order valence-corrected chi connectivity index (χ0v) is 19.2. The van der Waals surface area contributed by atoms with Gasteiger partial charge in [-0.15, -0.1) is 0 Å². The molecule has 8 heteroatoms. The minimum absolute atomic E-state index is 0.230. The van der Waals surface area contributed by atoms with Crippen LogP contribution in [0.1, 0.15) is 42.3 Å². The SMILES string of the molecule is CC(C)(C)OC(=O)c1ccc(N/C(=C2\C(=O)Nc3cc(N)ccc32)c2cccnc2)cc1Cl. The number of esters is 1. The molecule has 0 bridgehead atoms. The van der Waals surface area contributed by atoms with Gasteiger partial charge in [-0.25, -0.2) is 4.79 Å². The highest BCUT2D eigenvalue weighted by Crippen LogP contribution is 2.38. The van der Waals surface area contributed by atoms with E-state index in [1.165, 1.54) is 0 Å². The number of fused-ring (bicyclic) bond motifs is 1. The number of rotatable bonds is 4. The van der Waals surface area contributed by atoms with Crippen LogP contribution in [0.4, 0.5) is 17.1 Å². The molecule has 1 amide bonds. The number of benzene rings is 2. The summed E-state index contributed by atoms with van der Waals surface area (Å²) in [7, 11) is 0. The van der Waals surface area contributed by atoms with E-state index in [-0.39, 0.29) is 16.5 Å². The number of halogens is 1. The van der Waals surface area contributed by atoms with E-state index in [1.54, 1.807) is 75.6 Å². The molecule has 0 aliphatic carbocycles. The topological polar surface area (TPSA) is 106 Å². The molecule has 4 N–H and O–H groups in total. The van der Waals surface area contributed by atoms with Crippen LogP contribution in [0.2, 0.25) is 5.02 Å². The largest absolute Gasteiger partial charge is 0.456 e. The molecule has 3 aromatic rings. The molecule has 4 rings (SSSR count). The molecule has 0 fully saturated rings. The van der Waals surface area contributed by atoms with Crippen LogP contribution in [0.3, 0.4) is 0 Å². The highest BCUT2D eigenvalue weighted by Gasteiger charge is 2.29. The van der Waals surface area contributed by atoms with Gasteiger partial charge in [0.25, 0.3) is 5.91 Å². The van der Waals surface area contributed by atoms with E-state index < -0.39 is 11.6 Å². The number of aromatic nitrogens is 1. The van der Waals surface area contributed by atoms with Crippen LogP contribution in [-0.4, -0.2) is 22.5 Å². The van der Waals surface area contributed by atoms with E-state index in [0.29, 0.717) is 33.9 Å². The fraction of sp³-hybridized carbons (Fsp3) is 0.160. The molecule has 0 radical (unpaired) electrons. The quantitative estimate of drug-likeness (QED) is 0.279. The van der Waals surface area contributed by atoms with Crippen molar-refractivity contribution in [3.63, 3.8) is 0 Å². The molecule has 0 saturated carbocycles. The van der Waals surface area contributed by atoms with Gasteiger partial charge in [0.15, 0.2) is 0 Å². The Morgan fingerprint density at radius 2 is 1.94 bits per heavy atom. The lowest BCUT2D eigenvalue weighted by Crippen LogP contribution is -2.24. The van der Waals surface area contributed by atoms with Crippen molar-refractivity contribution in [2.24, 2.45) is 0 Å². The van der Waals surface area contributed by atoms with Crippen molar-refractivity contribution >= 4 is 51.8 Å². The summed E-state index contributed by atoms with van der Waals surface area (Å²) in [5.74, 6) is -0.773. The molecule has 1 aliphatic rings. The van der Waals surface area contributed by atoms with Gasteiger partial charge in [0, 0.05) is 34.9 Å². The lowest BCUT2D eigenvalue weighted by atomic mass is 10.0. The van der Waals surface area contributed by atoms with Gasteiger partial charge in [-0.2, -0.15) is 0 Å². The number of ether oxygens (including phenoxy) is 1. The second-order valence-corrected chi connectivity index (χ2v) is 8.98. The van der Waals surface area contributed by atoms with Crippen LogP contribution in [0.25, 0.3) is 11.3 Å². The molecule has 0 atom stereocenters. The van der Waals surface area contributed by atoms with Crippen LogP contribution < -0.4 is 16.4 Å². The van der Waals surface area contributed by atoms with Gasteiger partial charge in [-0.1, -0.05) is 11.6 Å². The lowest BCUT2D eigenvalue weighted by molar-refractivity contribution is -0.110. The fourth-order valence-electron chi connectivity index (χ4n) is 3.46. The van der Waals surface area contributed by atoms with Crippen LogP contribution in [-0.2, 0) is 9.53 Å². The minimum Gasteiger partial charge on any atom is -0.456 e. The molecule has 1 aliphatic heterocycles. The van der Waals surface area contributed by atoms with E-state index in [1.807, 2.05) is 6.07 Å². The Bertz CT molecular complexity index is 1280. The van der Waals surface area contributed by atoms with Crippen molar-refractivity contribution < 1.29 is 14.3 Å². The number of nitrogens with two attached hydrogens (primary N) is 1. The average molecular weight is 463 g/mol. The Balaban J connectivity index is 1.76. The standard InChI is InChI=1S/C25H23ClN4O3/c1-25(2,3)33-24(32)17-9-7-16(12-19(17)26)29-22(14-5-4-10-28-13-14)21-18-8-6-15(27)11-20(18)30-23(21)31/h4-13,29H,27H2,1-3H3,(H,30,31)/b22-21-. The Hall–Kier alpha value is -3.84. The number of hydrogen-bond acceptors (Lipinski definition) is 6. The molecule has 2 heterocycles. The molecule has 168 valence electrons.